The first-order chi connectivity index (χ1) is 35.1. The number of nitrogens with zero attached hydrogens (tertiary/aromatic N) is 2. The quantitative estimate of drug-likeness (QED) is 0.0154. The summed E-state index contributed by atoms with van der Waals surface area (Å²) in [6.45, 7) is 1.76. The Bertz CT molecular complexity index is 2070. The average molecular weight is 1070 g/mol. The number of phosphoric acid groups is 2. The van der Waals surface area contributed by atoms with Crippen LogP contribution in [0.3, 0.4) is 0 Å². The maximum atomic E-state index is 12.9. The number of ether oxygens (including phenoxy) is 3. The molecule has 412 valence electrons. The van der Waals surface area contributed by atoms with Gasteiger partial charge < -0.3 is 45.1 Å². The van der Waals surface area contributed by atoms with Gasteiger partial charge in [0.05, 0.1) is 19.3 Å². The van der Waals surface area contributed by atoms with E-state index in [9.17, 15) is 48.6 Å². The maximum absolute atomic E-state index is 12.9. The van der Waals surface area contributed by atoms with Crippen molar-refractivity contribution in [2.45, 2.75) is 185 Å². The minimum atomic E-state index is -5.45. The molecule has 0 saturated carbocycles. The molecule has 73 heavy (non-hydrogen) atoms. The third-order valence-corrected chi connectivity index (χ3v) is 13.7. The number of anilines is 1. The zero-order chi connectivity index (χ0) is 53.6. The van der Waals surface area contributed by atoms with Gasteiger partial charge in [0, 0.05) is 19.0 Å². The van der Waals surface area contributed by atoms with Crippen LogP contribution in [0.1, 0.15) is 155 Å². The van der Waals surface area contributed by atoms with Gasteiger partial charge in [-0.05, 0) is 102 Å². The van der Waals surface area contributed by atoms with E-state index in [2.05, 4.69) is 83.1 Å². The van der Waals surface area contributed by atoms with Crippen LogP contribution in [-0.4, -0.2) is 96.9 Å². The molecule has 1 fully saturated rings. The molecule has 21 heteroatoms. The molecule has 1 aromatic heterocycles. The van der Waals surface area contributed by atoms with Crippen LogP contribution in [0.5, 0.6) is 0 Å². The van der Waals surface area contributed by atoms with Gasteiger partial charge in [0.2, 0.25) is 0 Å². The van der Waals surface area contributed by atoms with Crippen molar-refractivity contribution in [2.24, 2.45) is 0 Å². The predicted octanol–water partition coefficient (Wildman–Crippen LogP) is 9.64. The first-order valence-electron chi connectivity index (χ1n) is 25.7. The smallest absolute Gasteiger partial charge is 0.462 e. The van der Waals surface area contributed by atoms with E-state index >= 15 is 0 Å². The van der Waals surface area contributed by atoms with Crippen molar-refractivity contribution in [3.05, 3.63) is 108 Å². The number of carbonyl (C=O) groups excluding carboxylic acids is 2. The topological polar surface area (TPSA) is 286 Å². The molecule has 2 rings (SSSR count). The Morgan fingerprint density at radius 1 is 0.712 bits per heavy atom. The van der Waals surface area contributed by atoms with Gasteiger partial charge in [0.1, 0.15) is 30.7 Å². The highest BCUT2D eigenvalue weighted by atomic mass is 31.3. The lowest BCUT2D eigenvalue weighted by atomic mass is 10.1. The molecule has 8 atom stereocenters. The number of aliphatic hydroxyl groups excluding tert-OH is 3. The Balaban J connectivity index is 1.84. The van der Waals surface area contributed by atoms with Crippen molar-refractivity contribution in [2.75, 3.05) is 25.6 Å². The average Bonchev–Trinajstić information content (AvgIpc) is 3.63. The van der Waals surface area contributed by atoms with E-state index in [-0.39, 0.29) is 24.8 Å². The summed E-state index contributed by atoms with van der Waals surface area (Å²) in [6.07, 6.45) is 38.9. The molecular formula is C52H83N3O16P2. The molecule has 0 aliphatic carbocycles. The molecule has 0 bridgehead atoms. The zero-order valence-corrected chi connectivity index (χ0v) is 44.6. The van der Waals surface area contributed by atoms with Crippen molar-refractivity contribution in [3.63, 3.8) is 0 Å². The second-order valence-electron chi connectivity index (χ2n) is 17.5. The second kappa shape index (κ2) is 39.3. The number of nitrogen functional groups attached to an aromatic ring is 1. The van der Waals surface area contributed by atoms with E-state index in [0.29, 0.717) is 25.7 Å². The van der Waals surface area contributed by atoms with Crippen LogP contribution >= 0.6 is 15.6 Å². The van der Waals surface area contributed by atoms with E-state index in [1.807, 2.05) is 25.2 Å². The van der Waals surface area contributed by atoms with Crippen LogP contribution in [-0.2, 0) is 46.3 Å². The summed E-state index contributed by atoms with van der Waals surface area (Å²) >= 11 is 0. The lowest BCUT2D eigenvalue weighted by Gasteiger charge is -2.21. The van der Waals surface area contributed by atoms with Gasteiger partial charge in [0.15, 0.2) is 12.3 Å². The molecule has 1 saturated heterocycles. The summed E-state index contributed by atoms with van der Waals surface area (Å²) in [5.74, 6) is -1.42. The molecule has 1 aromatic rings. The number of hydrogen-bond acceptors (Lipinski definition) is 16. The van der Waals surface area contributed by atoms with E-state index in [1.165, 1.54) is 25.3 Å². The number of phosphoric ester groups is 2. The fraction of sp³-hybridized carbons (Fsp3) is 0.615. The standard InChI is InChI=1S/C52H83N3O16P2/c1-3-5-6-7-8-9-10-11-12-13-14-18-21-24-27-30-33-36-47(57)66-40-44(69-48(58)37-34-31-28-25-22-19-16-15-17-20-23-26-29-32-35-43(56)4-2)41-67-72(62,63)71-73(64,65)68-42-45-49(59)50(60)51(70-45)55-39-38-46(53)54-52(55)61/h8-9,11-12,14,16-20,25-26,28-29,38-39,43-45,49-51,56,59-60H,3-7,10,13,15,21-24,27,30-37,40-42H2,1-2H3,(H,62,63)(H,64,65)(H2,53,54,61)/b9-8-,12-11-,18-14-,19-16-,20-17-,28-25-,29-26-/t43-,44-,45-,49-,50-,51-/m1/s1. The van der Waals surface area contributed by atoms with Gasteiger partial charge in [-0.25, -0.2) is 13.9 Å². The van der Waals surface area contributed by atoms with Crippen molar-refractivity contribution in [1.82, 2.24) is 9.55 Å². The number of allylic oxidation sites excluding steroid dienone is 14. The molecule has 2 unspecified atom stereocenters. The Hall–Kier alpha value is -4.10. The first-order valence-corrected chi connectivity index (χ1v) is 28.7. The normalized spacial score (nSPS) is 20.1. The number of carbonyl (C=O) groups is 2. The minimum Gasteiger partial charge on any atom is -0.462 e. The molecule has 2 heterocycles. The van der Waals surface area contributed by atoms with Gasteiger partial charge in [-0.3, -0.25) is 23.2 Å². The number of esters is 2. The third kappa shape index (κ3) is 32.1. The third-order valence-electron chi connectivity index (χ3n) is 11.1. The van der Waals surface area contributed by atoms with Gasteiger partial charge in [-0.1, -0.05) is 125 Å². The summed E-state index contributed by atoms with van der Waals surface area (Å²) in [7, 11) is -10.9. The molecule has 19 nitrogen and oxygen atoms in total. The highest BCUT2D eigenvalue weighted by molar-refractivity contribution is 7.61. The number of nitrogens with two attached hydrogens (primary N) is 1. The van der Waals surface area contributed by atoms with Crippen LogP contribution < -0.4 is 11.4 Å². The highest BCUT2D eigenvalue weighted by Gasteiger charge is 2.46. The molecule has 0 radical (unpaired) electrons. The van der Waals surface area contributed by atoms with Crippen LogP contribution in [0.2, 0.25) is 0 Å². The second-order valence-corrected chi connectivity index (χ2v) is 20.5. The largest absolute Gasteiger partial charge is 0.481 e. The van der Waals surface area contributed by atoms with Gasteiger partial charge in [-0.15, -0.1) is 0 Å². The summed E-state index contributed by atoms with van der Waals surface area (Å²) in [6, 6.07) is 1.24. The van der Waals surface area contributed by atoms with Crippen LogP contribution in [0, 0.1) is 0 Å². The zero-order valence-electron chi connectivity index (χ0n) is 42.8. The summed E-state index contributed by atoms with van der Waals surface area (Å²) in [4.78, 5) is 61.9. The Morgan fingerprint density at radius 3 is 1.81 bits per heavy atom. The van der Waals surface area contributed by atoms with Gasteiger partial charge in [-0.2, -0.15) is 9.29 Å². The van der Waals surface area contributed by atoms with E-state index in [0.717, 1.165) is 87.8 Å². The predicted molar refractivity (Wildman–Crippen MR) is 281 cm³/mol. The van der Waals surface area contributed by atoms with Crippen LogP contribution in [0.4, 0.5) is 5.82 Å². The maximum Gasteiger partial charge on any atom is 0.481 e. The van der Waals surface area contributed by atoms with Crippen molar-refractivity contribution >= 4 is 33.4 Å². The van der Waals surface area contributed by atoms with Gasteiger partial charge >= 0.3 is 33.3 Å². The lowest BCUT2D eigenvalue weighted by molar-refractivity contribution is -0.161. The number of hydrogen-bond donors (Lipinski definition) is 6. The summed E-state index contributed by atoms with van der Waals surface area (Å²) in [5, 5.41) is 30.5. The molecule has 1 aliphatic rings. The Kier molecular flexibility index (Phi) is 35.0. The van der Waals surface area contributed by atoms with Gasteiger partial charge in [0.25, 0.3) is 0 Å². The molecule has 0 aromatic carbocycles. The summed E-state index contributed by atoms with van der Waals surface area (Å²) in [5.41, 5.74) is 4.58. The molecule has 0 spiro atoms. The molecular weight excluding hydrogens is 985 g/mol. The van der Waals surface area contributed by atoms with Crippen LogP contribution in [0.15, 0.2) is 102 Å². The van der Waals surface area contributed by atoms with Crippen molar-refractivity contribution in [3.8, 4) is 0 Å². The Labute approximate surface area is 431 Å². The van der Waals surface area contributed by atoms with Crippen LogP contribution in [0.25, 0.3) is 0 Å². The Morgan fingerprint density at radius 2 is 1.23 bits per heavy atom. The van der Waals surface area contributed by atoms with E-state index < -0.39 is 83.7 Å². The first kappa shape index (κ1) is 65.0. The number of rotatable bonds is 41. The van der Waals surface area contributed by atoms with E-state index in [1.54, 1.807) is 0 Å². The minimum absolute atomic E-state index is 0.0487. The summed E-state index contributed by atoms with van der Waals surface area (Å²) < 4.78 is 56.7. The van der Waals surface area contributed by atoms with E-state index in [4.69, 9.17) is 29.0 Å². The highest BCUT2D eigenvalue weighted by Crippen LogP contribution is 2.60. The molecule has 0 amide bonds. The number of aliphatic hydroxyl groups is 3. The SMILES string of the molecule is CCCCC/C=C\C/C=C\C/C=C\CCCCCCC(=O)OC[C@H](COP(=O)(O)OP(=O)(O)OC[C@H]1O[C@@H](n2ccc(N)nc2=O)[C@H](O)[C@@H]1O)OC(=O)CCC/C=C\C/C=C\C/C=C\C/C=C\CC[C@H](O)CC. The molecule has 7 N–H and O–H groups in total. The fourth-order valence-corrected chi connectivity index (χ4v) is 9.05. The molecule has 1 aliphatic heterocycles. The fourth-order valence-electron chi connectivity index (χ4n) is 6.94. The lowest BCUT2D eigenvalue weighted by Crippen LogP contribution is -2.36. The number of aromatic nitrogens is 2. The van der Waals surface area contributed by atoms with Crippen molar-refractivity contribution < 1.29 is 71.4 Å². The van der Waals surface area contributed by atoms with Crippen molar-refractivity contribution in [1.29, 1.82) is 0 Å². The monoisotopic (exact) mass is 1070 g/mol. The number of unbranched alkanes of at least 4 members (excludes halogenated alkanes) is 8.